The van der Waals surface area contributed by atoms with Crippen molar-refractivity contribution in [1.29, 1.82) is 0 Å². The maximum Gasteiger partial charge on any atom is 0.0971 e. The van der Waals surface area contributed by atoms with E-state index in [0.29, 0.717) is 0 Å². The summed E-state index contributed by atoms with van der Waals surface area (Å²) in [6.45, 7) is 5.19. The molecule has 0 unspecified atom stereocenters. The van der Waals surface area contributed by atoms with Crippen LogP contribution >= 0.6 is 0 Å². The van der Waals surface area contributed by atoms with E-state index in [4.69, 9.17) is 0 Å². The third-order valence-electron chi connectivity index (χ3n) is 0.882. The molecule has 0 N–H and O–H groups in total. The first kappa shape index (κ1) is 7.41. The summed E-state index contributed by atoms with van der Waals surface area (Å²) in [5.41, 5.74) is 0.963. The Labute approximate surface area is 49.7 Å². The topological polar surface area (TPSA) is 0 Å². The van der Waals surface area contributed by atoms with Crippen molar-refractivity contribution in [2.24, 2.45) is 0 Å². The maximum absolute atomic E-state index is 12.0. The van der Waals surface area contributed by atoms with Crippen LogP contribution in [0.15, 0.2) is 23.6 Å². The Kier molecular flexibility index (Phi) is 3.16. The van der Waals surface area contributed by atoms with Gasteiger partial charge in [0.15, 0.2) is 0 Å². The predicted octanol–water partition coefficient (Wildman–Crippen LogP) is 2.83. The number of allylic oxidation sites excluding steroid dienone is 4. The molecule has 0 saturated carbocycles. The first-order chi connectivity index (χ1) is 3.66. The lowest BCUT2D eigenvalue weighted by molar-refractivity contribution is 0.639. The van der Waals surface area contributed by atoms with Crippen LogP contribution in [0.1, 0.15) is 20.8 Å². The Morgan fingerprint density at radius 3 is 2.00 bits per heavy atom. The van der Waals surface area contributed by atoms with Crippen molar-refractivity contribution in [1.82, 2.24) is 0 Å². The van der Waals surface area contributed by atoms with E-state index < -0.39 is 0 Å². The van der Waals surface area contributed by atoms with E-state index in [1.165, 1.54) is 13.0 Å². The number of halogens is 1. The van der Waals surface area contributed by atoms with Gasteiger partial charge in [-0.1, -0.05) is 11.6 Å². The van der Waals surface area contributed by atoms with E-state index in [2.05, 4.69) is 0 Å². The van der Waals surface area contributed by atoms with Crippen molar-refractivity contribution < 1.29 is 4.39 Å². The smallest absolute Gasteiger partial charge is 0.0971 e. The summed E-state index contributed by atoms with van der Waals surface area (Å²) < 4.78 is 12.0. The Morgan fingerprint density at radius 2 is 1.88 bits per heavy atom. The Morgan fingerprint density at radius 1 is 1.38 bits per heavy atom. The molecule has 0 aromatic rings. The van der Waals surface area contributed by atoms with E-state index >= 15 is 0 Å². The summed E-state index contributed by atoms with van der Waals surface area (Å²) in [7, 11) is 0. The van der Waals surface area contributed by atoms with Crippen LogP contribution in [0.4, 0.5) is 4.39 Å². The molecular formula is C7H11F. The standard InChI is InChI=1S/C7H11F/c1-4-6(2)5-7(3)8/h4-5H,1-3H3/b6-4-,7-5+. The van der Waals surface area contributed by atoms with Crippen molar-refractivity contribution in [3.8, 4) is 0 Å². The average Bonchev–Trinajstić information content (AvgIpc) is 1.65. The molecule has 0 heterocycles. The Balaban J connectivity index is 3.89. The fourth-order valence-electron chi connectivity index (χ4n) is 0.397. The van der Waals surface area contributed by atoms with Crippen LogP contribution in [-0.4, -0.2) is 0 Å². The first-order valence-electron chi connectivity index (χ1n) is 2.63. The molecule has 0 nitrogen and oxygen atoms in total. The zero-order valence-corrected chi connectivity index (χ0v) is 5.53. The minimum absolute atomic E-state index is 0.138. The molecule has 0 atom stereocenters. The second kappa shape index (κ2) is 3.42. The minimum Gasteiger partial charge on any atom is -0.212 e. The van der Waals surface area contributed by atoms with E-state index in [1.807, 2.05) is 19.9 Å². The van der Waals surface area contributed by atoms with Gasteiger partial charge in [-0.05, 0) is 26.8 Å². The number of hydrogen-bond acceptors (Lipinski definition) is 0. The van der Waals surface area contributed by atoms with Crippen LogP contribution in [0.3, 0.4) is 0 Å². The van der Waals surface area contributed by atoms with Gasteiger partial charge in [-0.2, -0.15) is 0 Å². The zero-order chi connectivity index (χ0) is 6.57. The Hall–Kier alpha value is -0.590. The summed E-state index contributed by atoms with van der Waals surface area (Å²) in [5, 5.41) is 0. The summed E-state index contributed by atoms with van der Waals surface area (Å²) in [6.07, 6.45) is 3.36. The highest BCUT2D eigenvalue weighted by Crippen LogP contribution is 2.00. The molecule has 0 spiro atoms. The lowest BCUT2D eigenvalue weighted by Gasteiger charge is -1.85. The van der Waals surface area contributed by atoms with Crippen LogP contribution in [0.5, 0.6) is 0 Å². The van der Waals surface area contributed by atoms with Crippen molar-refractivity contribution in [3.05, 3.63) is 23.6 Å². The summed E-state index contributed by atoms with van der Waals surface area (Å²) in [6, 6.07) is 0. The van der Waals surface area contributed by atoms with Crippen LogP contribution in [0.2, 0.25) is 0 Å². The molecule has 0 fully saturated rings. The van der Waals surface area contributed by atoms with Crippen molar-refractivity contribution >= 4 is 0 Å². The maximum atomic E-state index is 12.0. The quantitative estimate of drug-likeness (QED) is 0.460. The lowest BCUT2D eigenvalue weighted by Crippen LogP contribution is -1.66. The molecule has 0 aromatic carbocycles. The van der Waals surface area contributed by atoms with Gasteiger partial charge in [0.1, 0.15) is 0 Å². The Bertz CT molecular complexity index is 116. The largest absolute Gasteiger partial charge is 0.212 e. The molecule has 0 aromatic heterocycles. The highest BCUT2D eigenvalue weighted by Gasteiger charge is 1.80. The predicted molar refractivity (Wildman–Crippen MR) is 34.3 cm³/mol. The molecule has 8 heavy (non-hydrogen) atoms. The van der Waals surface area contributed by atoms with Crippen LogP contribution in [0, 0.1) is 0 Å². The first-order valence-corrected chi connectivity index (χ1v) is 2.63. The molecule has 1 heteroatoms. The number of rotatable bonds is 1. The SMILES string of the molecule is C/C=C(C)\C=C(/C)F. The van der Waals surface area contributed by atoms with Gasteiger partial charge >= 0.3 is 0 Å². The molecule has 0 aliphatic rings. The molecule has 0 radical (unpaired) electrons. The molecule has 0 aliphatic heterocycles. The van der Waals surface area contributed by atoms with Gasteiger partial charge < -0.3 is 0 Å². The second-order valence-electron chi connectivity index (χ2n) is 1.76. The van der Waals surface area contributed by atoms with E-state index in [9.17, 15) is 4.39 Å². The summed E-state index contributed by atoms with van der Waals surface area (Å²) >= 11 is 0. The summed E-state index contributed by atoms with van der Waals surface area (Å²) in [5.74, 6) is -0.138. The van der Waals surface area contributed by atoms with E-state index in [1.54, 1.807) is 0 Å². The van der Waals surface area contributed by atoms with Gasteiger partial charge in [0, 0.05) is 0 Å². The highest BCUT2D eigenvalue weighted by atomic mass is 19.1. The molecular weight excluding hydrogens is 103 g/mol. The van der Waals surface area contributed by atoms with Gasteiger partial charge in [0.05, 0.1) is 5.83 Å². The summed E-state index contributed by atoms with van der Waals surface area (Å²) in [4.78, 5) is 0. The lowest BCUT2D eigenvalue weighted by atomic mass is 10.3. The van der Waals surface area contributed by atoms with Crippen molar-refractivity contribution in [3.63, 3.8) is 0 Å². The third kappa shape index (κ3) is 3.59. The van der Waals surface area contributed by atoms with Gasteiger partial charge in [-0.3, -0.25) is 0 Å². The number of hydrogen-bond donors (Lipinski definition) is 0. The monoisotopic (exact) mass is 114 g/mol. The van der Waals surface area contributed by atoms with Crippen LogP contribution in [0.25, 0.3) is 0 Å². The molecule has 0 amide bonds. The van der Waals surface area contributed by atoms with E-state index in [-0.39, 0.29) is 5.83 Å². The van der Waals surface area contributed by atoms with Crippen molar-refractivity contribution in [2.75, 3.05) is 0 Å². The fraction of sp³-hybridized carbons (Fsp3) is 0.429. The van der Waals surface area contributed by atoms with Gasteiger partial charge in [0.25, 0.3) is 0 Å². The minimum atomic E-state index is -0.138. The van der Waals surface area contributed by atoms with Crippen molar-refractivity contribution in [2.45, 2.75) is 20.8 Å². The van der Waals surface area contributed by atoms with Crippen LogP contribution in [-0.2, 0) is 0 Å². The fourth-order valence-corrected chi connectivity index (χ4v) is 0.397. The van der Waals surface area contributed by atoms with Gasteiger partial charge in [0.2, 0.25) is 0 Å². The molecule has 0 aliphatic carbocycles. The second-order valence-corrected chi connectivity index (χ2v) is 1.76. The molecule has 0 bridgehead atoms. The average molecular weight is 114 g/mol. The van der Waals surface area contributed by atoms with Gasteiger partial charge in [-0.25, -0.2) is 4.39 Å². The van der Waals surface area contributed by atoms with E-state index in [0.717, 1.165) is 5.57 Å². The molecule has 0 saturated heterocycles. The zero-order valence-electron chi connectivity index (χ0n) is 5.53. The molecule has 0 rings (SSSR count). The third-order valence-corrected chi connectivity index (χ3v) is 0.882. The molecule has 46 valence electrons. The highest BCUT2D eigenvalue weighted by molar-refractivity contribution is 5.16. The van der Waals surface area contributed by atoms with Crippen LogP contribution < -0.4 is 0 Å². The normalized spacial score (nSPS) is 14.5. The van der Waals surface area contributed by atoms with Gasteiger partial charge in [-0.15, -0.1) is 0 Å².